The molecule has 0 saturated carbocycles. The number of hydrogen-bond donors (Lipinski definition) is 0. The van der Waals surface area contributed by atoms with Gasteiger partial charge in [0.15, 0.2) is 0 Å². The van der Waals surface area contributed by atoms with Crippen molar-refractivity contribution in [3.05, 3.63) is 88.8 Å². The molecule has 8 heteroatoms. The van der Waals surface area contributed by atoms with Crippen molar-refractivity contribution in [1.82, 2.24) is 15.0 Å². The topological polar surface area (TPSA) is 38.7 Å². The second-order valence-corrected chi connectivity index (χ2v) is 5.77. The predicted octanol–water partition coefficient (Wildman–Crippen LogP) is 4.88. The largest absolute Gasteiger partial charge is 0.301 e. The van der Waals surface area contributed by atoms with Crippen LogP contribution in [0.5, 0.6) is 0 Å². The quantitative estimate of drug-likeness (QED) is 0.307. The second kappa shape index (κ2) is 25.6. The van der Waals surface area contributed by atoms with E-state index in [-0.39, 0.29) is 164 Å². The first kappa shape index (κ1) is 42.2. The van der Waals surface area contributed by atoms with E-state index < -0.39 is 0 Å². The number of aromatic nitrogens is 3. The minimum Gasteiger partial charge on any atom is -0.301 e. The van der Waals surface area contributed by atoms with Crippen LogP contribution in [-0.2, 0) is 164 Å². The molecule has 3 nitrogen and oxygen atoms in total. The van der Waals surface area contributed by atoms with Gasteiger partial charge < -0.3 is 4.98 Å². The van der Waals surface area contributed by atoms with E-state index in [4.69, 9.17) is 0 Å². The van der Waals surface area contributed by atoms with Gasteiger partial charge in [-0.2, -0.15) is 5.56 Å². The van der Waals surface area contributed by atoms with Gasteiger partial charge in [-0.25, -0.2) is 12.1 Å². The first-order chi connectivity index (χ1) is 11.4. The smallest absolute Gasteiger partial charge is 0.0375 e. The fourth-order valence-electron chi connectivity index (χ4n) is 1.86. The molecule has 3 aromatic rings. The molecular weight excluding hydrogens is 739 g/mol. The van der Waals surface area contributed by atoms with E-state index in [2.05, 4.69) is 34.0 Å². The molecule has 0 atom stereocenters. The average Bonchev–Trinajstić information content (AvgIpc) is 2.51. The van der Waals surface area contributed by atoms with Crippen molar-refractivity contribution in [2.75, 3.05) is 0 Å². The zero-order valence-corrected chi connectivity index (χ0v) is 32.5. The maximum atomic E-state index is 4.17. The summed E-state index contributed by atoms with van der Waals surface area (Å²) in [6.07, 6.45) is 3.66. The molecule has 141 valence electrons. The number of pyridine rings is 3. The molecule has 0 N–H and O–H groups in total. The number of hydrogen-bond acceptors (Lipinski definition) is 3. The number of aryl methyl sites for hydroxylation is 6. The van der Waals surface area contributed by atoms with Crippen molar-refractivity contribution < 1.29 is 164 Å². The van der Waals surface area contributed by atoms with Crippen LogP contribution in [0.1, 0.15) is 33.9 Å². The molecule has 0 aliphatic rings. The van der Waals surface area contributed by atoms with Crippen molar-refractivity contribution in [2.24, 2.45) is 0 Å². The summed E-state index contributed by atoms with van der Waals surface area (Å²) in [5.41, 5.74) is 6.66. The summed E-state index contributed by atoms with van der Waals surface area (Å²) in [5, 5.41) is 0. The summed E-state index contributed by atoms with van der Waals surface area (Å²) in [5.74, 6) is 0. The fraction of sp³-hybridized carbons (Fsp3) is 0.286. The third kappa shape index (κ3) is 23.9. The third-order valence-corrected chi connectivity index (χ3v) is 3.05. The van der Waals surface area contributed by atoms with Gasteiger partial charge in [-0.3, -0.25) is 9.97 Å². The SMILES string of the molecule is Cc1c[c-]c(C)nc1.Cc1cccc(C)n1.Cc1ccnc(C)c1.[Y].[Y].[Y].[Y].[Y]. The molecular formula is C21H26N3Y5-. The zero-order chi connectivity index (χ0) is 17.9. The van der Waals surface area contributed by atoms with Crippen molar-refractivity contribution in [3.8, 4) is 0 Å². The van der Waals surface area contributed by atoms with E-state index in [0.717, 1.165) is 28.3 Å². The molecule has 3 heterocycles. The van der Waals surface area contributed by atoms with E-state index in [1.165, 1.54) is 5.56 Å². The van der Waals surface area contributed by atoms with E-state index in [1.807, 2.05) is 77.3 Å². The van der Waals surface area contributed by atoms with Crippen LogP contribution >= 0.6 is 0 Å². The van der Waals surface area contributed by atoms with Gasteiger partial charge in [0.25, 0.3) is 0 Å². The van der Waals surface area contributed by atoms with Gasteiger partial charge in [0.05, 0.1) is 0 Å². The van der Waals surface area contributed by atoms with Crippen molar-refractivity contribution >= 4 is 0 Å². The summed E-state index contributed by atoms with van der Waals surface area (Å²) in [4.78, 5) is 12.2. The Morgan fingerprint density at radius 2 is 1.21 bits per heavy atom. The van der Waals surface area contributed by atoms with Crippen LogP contribution in [0.25, 0.3) is 0 Å². The van der Waals surface area contributed by atoms with Gasteiger partial charge >= 0.3 is 0 Å². The molecule has 3 aromatic heterocycles. The minimum atomic E-state index is 0. The van der Waals surface area contributed by atoms with Crippen LogP contribution in [0, 0.1) is 47.6 Å². The fourth-order valence-corrected chi connectivity index (χ4v) is 1.86. The van der Waals surface area contributed by atoms with Crippen LogP contribution in [0.2, 0.25) is 0 Å². The molecule has 5 radical (unpaired) electrons. The van der Waals surface area contributed by atoms with Gasteiger partial charge in [0.2, 0.25) is 0 Å². The Kier molecular flexibility index (Phi) is 37.2. The molecule has 29 heavy (non-hydrogen) atoms. The van der Waals surface area contributed by atoms with Crippen LogP contribution in [0.15, 0.2) is 48.8 Å². The van der Waals surface area contributed by atoms with Crippen molar-refractivity contribution in [1.29, 1.82) is 0 Å². The van der Waals surface area contributed by atoms with E-state index in [0.29, 0.717) is 0 Å². The Balaban J connectivity index is -0.0000000914. The Hall–Kier alpha value is 2.97. The van der Waals surface area contributed by atoms with Crippen LogP contribution in [0.3, 0.4) is 0 Å². The summed E-state index contributed by atoms with van der Waals surface area (Å²) in [6, 6.07) is 15.0. The van der Waals surface area contributed by atoms with Crippen LogP contribution < -0.4 is 0 Å². The van der Waals surface area contributed by atoms with E-state index >= 15 is 0 Å². The third-order valence-electron chi connectivity index (χ3n) is 3.05. The monoisotopic (exact) mass is 765 g/mol. The summed E-state index contributed by atoms with van der Waals surface area (Å²) < 4.78 is 0. The Labute approximate surface area is 302 Å². The van der Waals surface area contributed by atoms with Gasteiger partial charge in [0, 0.05) is 187 Å². The molecule has 0 bridgehead atoms. The number of rotatable bonds is 0. The van der Waals surface area contributed by atoms with Gasteiger partial charge in [-0.05, 0) is 64.4 Å². The van der Waals surface area contributed by atoms with Crippen molar-refractivity contribution in [2.45, 2.75) is 41.5 Å². The normalized spacial score (nSPS) is 7.66. The first-order valence-electron chi connectivity index (χ1n) is 7.97. The Morgan fingerprint density at radius 1 is 0.655 bits per heavy atom. The van der Waals surface area contributed by atoms with Crippen LogP contribution in [0.4, 0.5) is 0 Å². The first-order valence-corrected chi connectivity index (χ1v) is 7.97. The van der Waals surface area contributed by atoms with E-state index in [1.54, 1.807) is 0 Å². The second-order valence-electron chi connectivity index (χ2n) is 5.77. The molecule has 0 aliphatic carbocycles. The Morgan fingerprint density at radius 3 is 1.48 bits per heavy atom. The van der Waals surface area contributed by atoms with Crippen LogP contribution in [-0.4, -0.2) is 15.0 Å². The van der Waals surface area contributed by atoms with Gasteiger partial charge in [-0.15, -0.1) is 6.92 Å². The predicted molar refractivity (Wildman–Crippen MR) is 100.0 cm³/mol. The molecule has 0 saturated heterocycles. The Bertz CT molecular complexity index is 654. The molecule has 3 rings (SSSR count). The molecule has 0 unspecified atom stereocenters. The standard InChI is InChI=1S/C7H9N.C7H8N.C7H9N.5Y/c1-6-3-4-8-7(2)5-6;1-6-3-4-7(2)8-5-6;1-6-4-3-5-7(2)8-6;;;;;/h3-5H,1-2H3;3,5H,1-2H3;3-5H,1-2H3;;;;;/q;-1;;;;;;. The summed E-state index contributed by atoms with van der Waals surface area (Å²) >= 11 is 0. The summed E-state index contributed by atoms with van der Waals surface area (Å²) in [6.45, 7) is 12.0. The molecule has 0 spiro atoms. The maximum Gasteiger partial charge on any atom is 0.0375 e. The van der Waals surface area contributed by atoms with Crippen molar-refractivity contribution in [3.63, 3.8) is 0 Å². The van der Waals surface area contributed by atoms with E-state index in [9.17, 15) is 0 Å². The average molecular weight is 765 g/mol. The zero-order valence-electron chi connectivity index (χ0n) is 18.3. The summed E-state index contributed by atoms with van der Waals surface area (Å²) in [7, 11) is 0. The van der Waals surface area contributed by atoms with Gasteiger partial charge in [0.1, 0.15) is 0 Å². The number of nitrogens with zero attached hydrogens (tertiary/aromatic N) is 3. The maximum absolute atomic E-state index is 4.17. The molecule has 0 fully saturated rings. The molecule has 0 aromatic carbocycles. The minimum absolute atomic E-state index is 0. The van der Waals surface area contributed by atoms with Gasteiger partial charge in [-0.1, -0.05) is 18.0 Å². The molecule has 0 aliphatic heterocycles. The molecule has 0 amide bonds.